The molecule has 0 spiro atoms. The molecular formula is C20H19F4N3. The normalized spacial score (nSPS) is 16.9. The molecule has 0 radical (unpaired) electrons. The molecule has 1 saturated heterocycles. The largest absolute Gasteiger partial charge is 0.416 e. The van der Waals surface area contributed by atoms with Crippen molar-refractivity contribution in [2.45, 2.75) is 31.5 Å². The lowest BCUT2D eigenvalue weighted by Gasteiger charge is -2.31. The predicted molar refractivity (Wildman–Crippen MR) is 94.7 cm³/mol. The molecule has 3 nitrogen and oxygen atoms in total. The van der Waals surface area contributed by atoms with E-state index in [2.05, 4.69) is 9.97 Å². The van der Waals surface area contributed by atoms with E-state index in [9.17, 15) is 17.6 Å². The van der Waals surface area contributed by atoms with E-state index in [4.69, 9.17) is 0 Å². The van der Waals surface area contributed by atoms with Crippen LogP contribution in [0.15, 0.2) is 42.5 Å². The molecule has 1 aromatic heterocycles. The van der Waals surface area contributed by atoms with Gasteiger partial charge in [-0.15, -0.1) is 0 Å². The highest BCUT2D eigenvalue weighted by Crippen LogP contribution is 2.32. The van der Waals surface area contributed by atoms with E-state index in [1.54, 1.807) is 0 Å². The van der Waals surface area contributed by atoms with Crippen molar-refractivity contribution in [2.24, 2.45) is 0 Å². The zero-order chi connectivity index (χ0) is 19.0. The number of nitrogens with zero attached hydrogens (tertiary/aromatic N) is 2. The number of imidazole rings is 1. The number of para-hydroxylation sites is 2. The highest BCUT2D eigenvalue weighted by atomic mass is 19.4. The molecule has 2 aromatic carbocycles. The van der Waals surface area contributed by atoms with Crippen LogP contribution in [-0.2, 0) is 12.7 Å². The minimum Gasteiger partial charge on any atom is -0.342 e. The number of benzene rings is 2. The Hall–Kier alpha value is -2.41. The van der Waals surface area contributed by atoms with Crippen molar-refractivity contribution in [1.82, 2.24) is 14.9 Å². The Bertz CT molecular complexity index is 907. The fourth-order valence-electron chi connectivity index (χ4n) is 3.64. The molecule has 1 N–H and O–H groups in total. The Labute approximate surface area is 154 Å². The van der Waals surface area contributed by atoms with Gasteiger partial charge in [0.25, 0.3) is 0 Å². The molecule has 0 amide bonds. The van der Waals surface area contributed by atoms with Crippen LogP contribution in [0.1, 0.15) is 35.7 Å². The maximum Gasteiger partial charge on any atom is 0.416 e. The number of alkyl halides is 3. The molecule has 1 aliphatic heterocycles. The topological polar surface area (TPSA) is 31.9 Å². The maximum atomic E-state index is 14.0. The van der Waals surface area contributed by atoms with Crippen molar-refractivity contribution in [3.05, 3.63) is 65.2 Å². The van der Waals surface area contributed by atoms with Crippen molar-refractivity contribution in [3.8, 4) is 0 Å². The van der Waals surface area contributed by atoms with Crippen molar-refractivity contribution in [2.75, 3.05) is 13.1 Å². The molecule has 0 saturated carbocycles. The summed E-state index contributed by atoms with van der Waals surface area (Å²) in [7, 11) is 0. The lowest BCUT2D eigenvalue weighted by Crippen LogP contribution is -2.33. The fraction of sp³-hybridized carbons (Fsp3) is 0.350. The second kappa shape index (κ2) is 6.96. The molecule has 2 heterocycles. The average molecular weight is 377 g/mol. The van der Waals surface area contributed by atoms with E-state index >= 15 is 0 Å². The number of H-pyrrole nitrogens is 1. The SMILES string of the molecule is Fc1ccc(C(F)(F)F)cc1CN1CCC(c2nc3ccccc3[nH]2)CC1. The Morgan fingerprint density at radius 3 is 2.52 bits per heavy atom. The van der Waals surface area contributed by atoms with Gasteiger partial charge in [-0.3, -0.25) is 4.90 Å². The first-order chi connectivity index (χ1) is 12.9. The molecule has 1 aliphatic rings. The first kappa shape index (κ1) is 18.0. The standard InChI is InChI=1S/C20H19F4N3/c21-16-6-5-15(20(22,23)24)11-14(16)12-27-9-7-13(8-10-27)19-25-17-3-1-2-4-18(17)26-19/h1-6,11,13H,7-10,12H2,(H,25,26). The van der Waals surface area contributed by atoms with Crippen molar-refractivity contribution in [3.63, 3.8) is 0 Å². The average Bonchev–Trinajstić information content (AvgIpc) is 3.07. The number of nitrogens with one attached hydrogen (secondary N) is 1. The minimum absolute atomic E-state index is 0.0898. The van der Waals surface area contributed by atoms with Crippen LogP contribution < -0.4 is 0 Å². The van der Waals surface area contributed by atoms with Crippen molar-refractivity contribution >= 4 is 11.0 Å². The summed E-state index contributed by atoms with van der Waals surface area (Å²) in [5.74, 6) is 0.628. The molecule has 0 unspecified atom stereocenters. The predicted octanol–water partition coefficient (Wildman–Crippen LogP) is 5.10. The monoisotopic (exact) mass is 377 g/mol. The number of aromatic nitrogens is 2. The molecule has 0 aliphatic carbocycles. The summed E-state index contributed by atoms with van der Waals surface area (Å²) in [6.07, 6.45) is -2.79. The second-order valence-electron chi connectivity index (χ2n) is 6.99. The fourth-order valence-corrected chi connectivity index (χ4v) is 3.64. The van der Waals surface area contributed by atoms with Gasteiger partial charge in [0.2, 0.25) is 0 Å². The van der Waals surface area contributed by atoms with Crippen LogP contribution >= 0.6 is 0 Å². The van der Waals surface area contributed by atoms with E-state index in [1.807, 2.05) is 29.2 Å². The van der Waals surface area contributed by atoms with Crippen LogP contribution in [0.4, 0.5) is 17.6 Å². The third-order valence-corrected chi connectivity index (χ3v) is 5.15. The highest BCUT2D eigenvalue weighted by Gasteiger charge is 2.31. The van der Waals surface area contributed by atoms with Crippen LogP contribution in [0.2, 0.25) is 0 Å². The molecule has 3 aromatic rings. The van der Waals surface area contributed by atoms with Crippen LogP contribution in [0.5, 0.6) is 0 Å². The molecule has 0 bridgehead atoms. The number of fused-ring (bicyclic) bond motifs is 1. The number of likely N-dealkylation sites (tertiary alicyclic amines) is 1. The lowest BCUT2D eigenvalue weighted by molar-refractivity contribution is -0.137. The van der Waals surface area contributed by atoms with Gasteiger partial charge in [0.05, 0.1) is 16.6 Å². The van der Waals surface area contributed by atoms with Crippen LogP contribution in [0, 0.1) is 5.82 Å². The molecule has 4 rings (SSSR count). The molecule has 7 heteroatoms. The van der Waals surface area contributed by atoms with E-state index in [0.717, 1.165) is 47.9 Å². The summed E-state index contributed by atoms with van der Waals surface area (Å²) in [4.78, 5) is 9.99. The number of halogens is 4. The Morgan fingerprint density at radius 1 is 1.07 bits per heavy atom. The zero-order valence-corrected chi connectivity index (χ0v) is 14.6. The maximum absolute atomic E-state index is 14.0. The number of piperidine rings is 1. The molecule has 0 atom stereocenters. The summed E-state index contributed by atoms with van der Waals surface area (Å²) >= 11 is 0. The summed E-state index contributed by atoms with van der Waals surface area (Å²) < 4.78 is 52.5. The van der Waals surface area contributed by atoms with Gasteiger partial charge in [0, 0.05) is 18.0 Å². The quantitative estimate of drug-likeness (QED) is 0.644. The van der Waals surface area contributed by atoms with Crippen LogP contribution in [0.25, 0.3) is 11.0 Å². The number of hydrogen-bond acceptors (Lipinski definition) is 2. The highest BCUT2D eigenvalue weighted by molar-refractivity contribution is 5.74. The Kier molecular flexibility index (Phi) is 4.63. The molecule has 142 valence electrons. The van der Waals surface area contributed by atoms with Gasteiger partial charge < -0.3 is 4.98 Å². The van der Waals surface area contributed by atoms with Gasteiger partial charge in [0.15, 0.2) is 0 Å². The number of aromatic amines is 1. The first-order valence-corrected chi connectivity index (χ1v) is 8.93. The molecular weight excluding hydrogens is 358 g/mol. The van der Waals surface area contributed by atoms with Gasteiger partial charge in [0.1, 0.15) is 11.6 Å². The van der Waals surface area contributed by atoms with E-state index < -0.39 is 17.6 Å². The smallest absolute Gasteiger partial charge is 0.342 e. The second-order valence-corrected chi connectivity index (χ2v) is 6.99. The zero-order valence-electron chi connectivity index (χ0n) is 14.6. The van der Waals surface area contributed by atoms with Gasteiger partial charge in [-0.05, 0) is 56.3 Å². The van der Waals surface area contributed by atoms with Gasteiger partial charge in [-0.2, -0.15) is 13.2 Å². The summed E-state index contributed by atoms with van der Waals surface area (Å²) in [6.45, 7) is 1.57. The molecule has 1 fully saturated rings. The van der Waals surface area contributed by atoms with Gasteiger partial charge >= 0.3 is 6.18 Å². The van der Waals surface area contributed by atoms with Gasteiger partial charge in [-0.25, -0.2) is 9.37 Å². The van der Waals surface area contributed by atoms with Crippen molar-refractivity contribution < 1.29 is 17.6 Å². The third-order valence-electron chi connectivity index (χ3n) is 5.15. The lowest BCUT2D eigenvalue weighted by atomic mass is 9.95. The number of rotatable bonds is 3. The minimum atomic E-state index is -4.46. The van der Waals surface area contributed by atoms with E-state index in [0.29, 0.717) is 13.1 Å². The van der Waals surface area contributed by atoms with Crippen LogP contribution in [0.3, 0.4) is 0 Å². The molecule has 27 heavy (non-hydrogen) atoms. The third kappa shape index (κ3) is 3.83. The van der Waals surface area contributed by atoms with Crippen LogP contribution in [-0.4, -0.2) is 28.0 Å². The Balaban J connectivity index is 1.42. The van der Waals surface area contributed by atoms with Crippen molar-refractivity contribution in [1.29, 1.82) is 0 Å². The van der Waals surface area contributed by atoms with Gasteiger partial charge in [-0.1, -0.05) is 12.1 Å². The number of hydrogen-bond donors (Lipinski definition) is 1. The van der Waals surface area contributed by atoms with E-state index in [-0.39, 0.29) is 18.0 Å². The first-order valence-electron chi connectivity index (χ1n) is 8.93. The Morgan fingerprint density at radius 2 is 1.81 bits per heavy atom. The summed E-state index contributed by atoms with van der Waals surface area (Å²) in [6, 6.07) is 10.4. The summed E-state index contributed by atoms with van der Waals surface area (Å²) in [5, 5.41) is 0. The summed E-state index contributed by atoms with van der Waals surface area (Å²) in [5.41, 5.74) is 1.21. The van der Waals surface area contributed by atoms with E-state index in [1.165, 1.54) is 0 Å².